The largest absolute Gasteiger partial charge is 0.474 e. The molecule has 0 N–H and O–H groups in total. The van der Waals surface area contributed by atoms with Crippen molar-refractivity contribution in [2.75, 3.05) is 13.1 Å². The van der Waals surface area contributed by atoms with Crippen LogP contribution in [0, 0.1) is 0 Å². The van der Waals surface area contributed by atoms with E-state index >= 15 is 0 Å². The Kier molecular flexibility index (Phi) is 4.36. The molecule has 0 unspecified atom stereocenters. The number of rotatable bonds is 3. The molecule has 3 heterocycles. The summed E-state index contributed by atoms with van der Waals surface area (Å²) >= 11 is 0. The third-order valence-corrected chi connectivity index (χ3v) is 3.93. The molecule has 0 saturated carbocycles. The molecule has 0 atom stereocenters. The quantitative estimate of drug-likeness (QED) is 0.840. The van der Waals surface area contributed by atoms with Crippen molar-refractivity contribution in [2.24, 2.45) is 7.05 Å². The van der Waals surface area contributed by atoms with E-state index in [9.17, 15) is 9.59 Å². The maximum Gasteiger partial charge on any atom is 0.263 e. The normalized spacial score (nSPS) is 15.4. The molecular weight excluding hydrogens is 296 g/mol. The monoisotopic (exact) mass is 314 g/mol. The number of amides is 1. The van der Waals surface area contributed by atoms with Crippen LogP contribution in [0.4, 0.5) is 0 Å². The Morgan fingerprint density at radius 3 is 2.78 bits per heavy atom. The molecule has 0 spiro atoms. The third kappa shape index (κ3) is 3.39. The summed E-state index contributed by atoms with van der Waals surface area (Å²) in [5.74, 6) is 0.327. The van der Waals surface area contributed by atoms with Crippen molar-refractivity contribution >= 4 is 5.91 Å². The van der Waals surface area contributed by atoms with Crippen LogP contribution in [0.3, 0.4) is 0 Å². The zero-order chi connectivity index (χ0) is 16.2. The van der Waals surface area contributed by atoms with Crippen molar-refractivity contribution in [1.82, 2.24) is 19.4 Å². The van der Waals surface area contributed by atoms with Crippen molar-refractivity contribution in [1.29, 1.82) is 0 Å². The Labute approximate surface area is 133 Å². The second kappa shape index (κ2) is 6.60. The van der Waals surface area contributed by atoms with E-state index in [1.165, 1.54) is 10.9 Å². The van der Waals surface area contributed by atoms with Crippen LogP contribution in [0.2, 0.25) is 0 Å². The minimum Gasteiger partial charge on any atom is -0.474 e. The maximum absolute atomic E-state index is 12.5. The van der Waals surface area contributed by atoms with Gasteiger partial charge < -0.3 is 14.2 Å². The van der Waals surface area contributed by atoms with Gasteiger partial charge in [-0.05, 0) is 12.1 Å². The smallest absolute Gasteiger partial charge is 0.263 e. The molecule has 120 valence electrons. The molecule has 1 aliphatic rings. The van der Waals surface area contributed by atoms with E-state index in [4.69, 9.17) is 4.74 Å². The Morgan fingerprint density at radius 1 is 1.30 bits per heavy atom. The summed E-state index contributed by atoms with van der Waals surface area (Å²) in [4.78, 5) is 34.1. The predicted octanol–water partition coefficient (Wildman–Crippen LogP) is 0.859. The second-order valence-corrected chi connectivity index (χ2v) is 5.49. The summed E-state index contributed by atoms with van der Waals surface area (Å²) in [6.45, 7) is 1.12. The number of aryl methyl sites for hydroxylation is 1. The molecule has 0 aliphatic carbocycles. The van der Waals surface area contributed by atoms with Gasteiger partial charge in [0.25, 0.3) is 11.5 Å². The first-order chi connectivity index (χ1) is 11.1. The van der Waals surface area contributed by atoms with Gasteiger partial charge in [-0.3, -0.25) is 9.59 Å². The topological polar surface area (TPSA) is 77.3 Å². The molecule has 23 heavy (non-hydrogen) atoms. The maximum atomic E-state index is 12.5. The van der Waals surface area contributed by atoms with Gasteiger partial charge >= 0.3 is 0 Å². The number of hydrogen-bond donors (Lipinski definition) is 0. The minimum atomic E-state index is -0.267. The average Bonchev–Trinajstić information content (AvgIpc) is 2.58. The van der Waals surface area contributed by atoms with Crippen LogP contribution >= 0.6 is 0 Å². The van der Waals surface area contributed by atoms with E-state index in [0.717, 1.165) is 0 Å². The van der Waals surface area contributed by atoms with Crippen molar-refractivity contribution in [3.63, 3.8) is 0 Å². The van der Waals surface area contributed by atoms with Gasteiger partial charge in [-0.15, -0.1) is 0 Å². The number of aromatic nitrogens is 3. The summed E-state index contributed by atoms with van der Waals surface area (Å²) in [6, 6.07) is 5.00. The summed E-state index contributed by atoms with van der Waals surface area (Å²) in [5, 5.41) is 0. The summed E-state index contributed by atoms with van der Waals surface area (Å²) in [7, 11) is 1.64. The van der Waals surface area contributed by atoms with E-state index in [0.29, 0.717) is 31.8 Å². The molecule has 0 radical (unpaired) electrons. The lowest BCUT2D eigenvalue weighted by atomic mass is 10.1. The molecule has 0 bridgehead atoms. The number of carbonyl (C=O) groups is 1. The average molecular weight is 314 g/mol. The predicted molar refractivity (Wildman–Crippen MR) is 83.3 cm³/mol. The van der Waals surface area contributed by atoms with E-state index in [2.05, 4.69) is 9.97 Å². The first-order valence-electron chi connectivity index (χ1n) is 7.53. The van der Waals surface area contributed by atoms with E-state index < -0.39 is 0 Å². The molecule has 1 aliphatic heterocycles. The number of likely N-dealkylation sites (tertiary alicyclic amines) is 1. The van der Waals surface area contributed by atoms with Gasteiger partial charge in [-0.2, -0.15) is 0 Å². The van der Waals surface area contributed by atoms with E-state index in [1.807, 2.05) is 0 Å². The SMILES string of the molecule is Cn1cccc(C(=O)N2CCC(Oc3ccncn3)CC2)c1=O. The number of nitrogens with zero attached hydrogens (tertiary/aromatic N) is 4. The van der Waals surface area contributed by atoms with Crippen LogP contribution in [0.25, 0.3) is 0 Å². The lowest BCUT2D eigenvalue weighted by Gasteiger charge is -2.31. The van der Waals surface area contributed by atoms with Crippen LogP contribution in [-0.4, -0.2) is 44.5 Å². The van der Waals surface area contributed by atoms with Gasteiger partial charge in [0.05, 0.1) is 0 Å². The fourth-order valence-electron chi connectivity index (χ4n) is 2.63. The van der Waals surface area contributed by atoms with E-state index in [1.54, 1.807) is 42.5 Å². The van der Waals surface area contributed by atoms with Crippen LogP contribution < -0.4 is 10.3 Å². The Bertz CT molecular complexity index is 736. The number of ether oxygens (including phenoxy) is 1. The molecule has 1 amide bonds. The molecule has 7 heteroatoms. The fourth-order valence-corrected chi connectivity index (χ4v) is 2.63. The molecule has 1 saturated heterocycles. The van der Waals surface area contributed by atoms with Crippen molar-refractivity contribution in [2.45, 2.75) is 18.9 Å². The molecule has 1 fully saturated rings. The zero-order valence-corrected chi connectivity index (χ0v) is 12.9. The highest BCUT2D eigenvalue weighted by atomic mass is 16.5. The Balaban J connectivity index is 1.61. The first kappa shape index (κ1) is 15.2. The second-order valence-electron chi connectivity index (χ2n) is 5.49. The number of piperidine rings is 1. The number of pyridine rings is 1. The molecule has 3 rings (SSSR count). The third-order valence-electron chi connectivity index (χ3n) is 3.93. The molecule has 2 aromatic rings. The number of hydrogen-bond acceptors (Lipinski definition) is 5. The standard InChI is InChI=1S/C16H18N4O3/c1-19-8-2-3-13(15(19)21)16(22)20-9-5-12(6-10-20)23-14-4-7-17-11-18-14/h2-4,7-8,11-12H,5-6,9-10H2,1H3. The van der Waals surface area contributed by atoms with E-state index in [-0.39, 0.29) is 23.1 Å². The van der Waals surface area contributed by atoms with Crippen molar-refractivity contribution in [3.8, 4) is 5.88 Å². The lowest BCUT2D eigenvalue weighted by molar-refractivity contribution is 0.0585. The highest BCUT2D eigenvalue weighted by molar-refractivity contribution is 5.93. The lowest BCUT2D eigenvalue weighted by Crippen LogP contribution is -2.43. The van der Waals surface area contributed by atoms with Crippen LogP contribution in [-0.2, 0) is 7.05 Å². The first-order valence-corrected chi connectivity index (χ1v) is 7.53. The van der Waals surface area contributed by atoms with Crippen LogP contribution in [0.1, 0.15) is 23.2 Å². The summed E-state index contributed by atoms with van der Waals surface area (Å²) in [6.07, 6.45) is 6.16. The zero-order valence-electron chi connectivity index (χ0n) is 12.9. The summed E-state index contributed by atoms with van der Waals surface area (Å²) in [5.41, 5.74) is -0.0537. The Hall–Kier alpha value is -2.70. The van der Waals surface area contributed by atoms with Gasteiger partial charge in [0.1, 0.15) is 18.0 Å². The van der Waals surface area contributed by atoms with Gasteiger partial charge in [0.2, 0.25) is 5.88 Å². The molecule has 2 aromatic heterocycles. The molecule has 0 aromatic carbocycles. The van der Waals surface area contributed by atoms with Crippen molar-refractivity contribution < 1.29 is 9.53 Å². The molecular formula is C16H18N4O3. The van der Waals surface area contributed by atoms with Gasteiger partial charge in [-0.1, -0.05) is 0 Å². The Morgan fingerprint density at radius 2 is 2.09 bits per heavy atom. The van der Waals surface area contributed by atoms with Gasteiger partial charge in [0, 0.05) is 51.4 Å². The highest BCUT2D eigenvalue weighted by Crippen LogP contribution is 2.17. The number of carbonyl (C=O) groups excluding carboxylic acids is 1. The minimum absolute atomic E-state index is 0.0209. The van der Waals surface area contributed by atoms with Crippen LogP contribution in [0.15, 0.2) is 41.7 Å². The summed E-state index contributed by atoms with van der Waals surface area (Å²) < 4.78 is 7.19. The fraction of sp³-hybridized carbons (Fsp3) is 0.375. The van der Waals surface area contributed by atoms with Crippen molar-refractivity contribution in [3.05, 3.63) is 52.8 Å². The van der Waals surface area contributed by atoms with Gasteiger partial charge in [-0.25, -0.2) is 9.97 Å². The highest BCUT2D eigenvalue weighted by Gasteiger charge is 2.26. The van der Waals surface area contributed by atoms with Crippen LogP contribution in [0.5, 0.6) is 5.88 Å². The molecule has 7 nitrogen and oxygen atoms in total. The van der Waals surface area contributed by atoms with Gasteiger partial charge in [0.15, 0.2) is 0 Å².